The molecule has 0 aromatic rings. The first-order chi connectivity index (χ1) is 7.20. The van der Waals surface area contributed by atoms with E-state index in [-0.39, 0.29) is 5.41 Å². The highest BCUT2D eigenvalue weighted by molar-refractivity contribution is 5.31. The fraction of sp³-hybridized carbons (Fsp3) is 0.769. The molecular formula is C13H22N2. The molecule has 1 aliphatic carbocycles. The van der Waals surface area contributed by atoms with Crippen molar-refractivity contribution in [2.75, 3.05) is 0 Å². The molecule has 0 aliphatic heterocycles. The zero-order chi connectivity index (χ0) is 11.3. The van der Waals surface area contributed by atoms with Gasteiger partial charge >= 0.3 is 0 Å². The van der Waals surface area contributed by atoms with Crippen LogP contribution in [0.5, 0.6) is 0 Å². The third-order valence-corrected chi connectivity index (χ3v) is 3.77. The Morgan fingerprint density at radius 3 is 2.33 bits per heavy atom. The first-order valence-corrected chi connectivity index (χ1v) is 6.09. The fourth-order valence-corrected chi connectivity index (χ4v) is 2.69. The molecule has 0 amide bonds. The Kier molecular flexibility index (Phi) is 4.20. The molecule has 0 bridgehead atoms. The summed E-state index contributed by atoms with van der Waals surface area (Å²) in [5, 5.41) is 9.11. The van der Waals surface area contributed by atoms with E-state index in [1.54, 1.807) is 0 Å². The minimum atomic E-state index is 0.153. The van der Waals surface area contributed by atoms with E-state index in [4.69, 9.17) is 11.0 Å². The Balaban J connectivity index is 2.97. The maximum atomic E-state index is 9.11. The van der Waals surface area contributed by atoms with Crippen molar-refractivity contribution in [2.45, 2.75) is 58.8 Å². The van der Waals surface area contributed by atoms with Crippen LogP contribution < -0.4 is 5.73 Å². The van der Waals surface area contributed by atoms with Crippen molar-refractivity contribution < 1.29 is 0 Å². The third-order valence-electron chi connectivity index (χ3n) is 3.77. The van der Waals surface area contributed by atoms with Crippen molar-refractivity contribution in [3.63, 3.8) is 0 Å². The molecule has 15 heavy (non-hydrogen) atoms. The molecule has 2 N–H and O–H groups in total. The van der Waals surface area contributed by atoms with Crippen molar-refractivity contribution in [1.82, 2.24) is 0 Å². The number of hydrogen-bond donors (Lipinski definition) is 1. The summed E-state index contributed by atoms with van der Waals surface area (Å²) in [4.78, 5) is 0. The van der Waals surface area contributed by atoms with Crippen LogP contribution in [-0.2, 0) is 0 Å². The molecule has 0 aromatic carbocycles. The number of allylic oxidation sites excluding steroid dienone is 2. The number of nitriles is 1. The van der Waals surface area contributed by atoms with E-state index >= 15 is 0 Å². The van der Waals surface area contributed by atoms with Gasteiger partial charge in [-0.25, -0.2) is 0 Å². The van der Waals surface area contributed by atoms with E-state index in [0.29, 0.717) is 0 Å². The Morgan fingerprint density at radius 2 is 1.93 bits per heavy atom. The van der Waals surface area contributed by atoms with Gasteiger partial charge in [-0.05, 0) is 25.7 Å². The minimum Gasteiger partial charge on any atom is -0.401 e. The maximum Gasteiger partial charge on any atom is 0.0965 e. The van der Waals surface area contributed by atoms with Crippen LogP contribution in [0.25, 0.3) is 0 Å². The quantitative estimate of drug-likeness (QED) is 0.716. The van der Waals surface area contributed by atoms with Crippen LogP contribution in [0.1, 0.15) is 58.8 Å². The maximum absolute atomic E-state index is 9.11. The fourth-order valence-electron chi connectivity index (χ4n) is 2.69. The first kappa shape index (κ1) is 12.1. The third kappa shape index (κ3) is 2.34. The predicted molar refractivity (Wildman–Crippen MR) is 62.9 cm³/mol. The summed E-state index contributed by atoms with van der Waals surface area (Å²) >= 11 is 0. The number of hydrogen-bond acceptors (Lipinski definition) is 2. The van der Waals surface area contributed by atoms with Gasteiger partial charge in [0.2, 0.25) is 0 Å². The molecule has 1 aliphatic rings. The molecule has 2 nitrogen and oxygen atoms in total. The largest absolute Gasteiger partial charge is 0.401 e. The van der Waals surface area contributed by atoms with Gasteiger partial charge in [0, 0.05) is 16.7 Å². The van der Waals surface area contributed by atoms with Crippen molar-refractivity contribution in [2.24, 2.45) is 11.1 Å². The summed E-state index contributed by atoms with van der Waals surface area (Å²) in [6.45, 7) is 4.29. The number of nitrogens with zero attached hydrogens (tertiary/aromatic N) is 1. The van der Waals surface area contributed by atoms with Crippen molar-refractivity contribution in [3.8, 4) is 6.07 Å². The van der Waals surface area contributed by atoms with Crippen LogP contribution in [0.3, 0.4) is 0 Å². The van der Waals surface area contributed by atoms with Crippen molar-refractivity contribution in [3.05, 3.63) is 11.3 Å². The molecule has 0 atom stereocenters. The first-order valence-electron chi connectivity index (χ1n) is 6.09. The Hall–Kier alpha value is -0.970. The van der Waals surface area contributed by atoms with Gasteiger partial charge in [0.1, 0.15) is 0 Å². The van der Waals surface area contributed by atoms with E-state index in [0.717, 1.165) is 30.5 Å². The van der Waals surface area contributed by atoms with Crippen LogP contribution in [0.2, 0.25) is 0 Å². The van der Waals surface area contributed by atoms with Gasteiger partial charge in [0.25, 0.3) is 0 Å². The lowest BCUT2D eigenvalue weighted by Gasteiger charge is -2.29. The van der Waals surface area contributed by atoms with Crippen molar-refractivity contribution >= 4 is 0 Å². The average molecular weight is 206 g/mol. The van der Waals surface area contributed by atoms with E-state index in [2.05, 4.69) is 19.9 Å². The zero-order valence-corrected chi connectivity index (χ0v) is 9.97. The van der Waals surface area contributed by atoms with E-state index in [9.17, 15) is 0 Å². The van der Waals surface area contributed by atoms with Gasteiger partial charge in [-0.2, -0.15) is 5.26 Å². The van der Waals surface area contributed by atoms with Crippen LogP contribution in [0, 0.1) is 16.7 Å². The highest BCUT2D eigenvalue weighted by Gasteiger charge is 2.35. The minimum absolute atomic E-state index is 0.153. The molecule has 1 rings (SSSR count). The molecular weight excluding hydrogens is 184 g/mol. The lowest BCUT2D eigenvalue weighted by molar-refractivity contribution is 0.346. The summed E-state index contributed by atoms with van der Waals surface area (Å²) in [7, 11) is 0. The van der Waals surface area contributed by atoms with Crippen LogP contribution in [0.15, 0.2) is 11.3 Å². The van der Waals surface area contributed by atoms with E-state index < -0.39 is 0 Å². The molecule has 0 spiro atoms. The van der Waals surface area contributed by atoms with Gasteiger partial charge in [-0.15, -0.1) is 0 Å². The molecule has 0 aromatic heterocycles. The summed E-state index contributed by atoms with van der Waals surface area (Å²) < 4.78 is 0. The smallest absolute Gasteiger partial charge is 0.0965 e. The number of nitrogens with two attached hydrogens (primary N) is 1. The second-order valence-corrected chi connectivity index (χ2v) is 4.60. The predicted octanol–water partition coefficient (Wildman–Crippen LogP) is 3.49. The van der Waals surface area contributed by atoms with Gasteiger partial charge in [0.15, 0.2) is 0 Å². The lowest BCUT2D eigenvalue weighted by Crippen LogP contribution is -2.25. The lowest BCUT2D eigenvalue weighted by atomic mass is 9.78. The highest BCUT2D eigenvalue weighted by Crippen LogP contribution is 2.46. The summed E-state index contributed by atoms with van der Waals surface area (Å²) in [6.07, 6.45) is 7.79. The van der Waals surface area contributed by atoms with Crippen molar-refractivity contribution in [1.29, 1.82) is 5.26 Å². The Bertz CT molecular complexity index is 277. The molecule has 0 radical (unpaired) electrons. The molecule has 2 heteroatoms. The summed E-state index contributed by atoms with van der Waals surface area (Å²) in [5.41, 5.74) is 8.11. The van der Waals surface area contributed by atoms with E-state index in [1.165, 1.54) is 25.7 Å². The normalized spacial score (nSPS) is 20.9. The SMILES string of the molecule is CCCC(C#N)=C(N)C1(CC)CCCC1. The van der Waals surface area contributed by atoms with Gasteiger partial charge in [-0.1, -0.05) is 33.1 Å². The van der Waals surface area contributed by atoms with Crippen LogP contribution in [0.4, 0.5) is 0 Å². The Morgan fingerprint density at radius 1 is 1.33 bits per heavy atom. The van der Waals surface area contributed by atoms with Gasteiger partial charge in [0.05, 0.1) is 6.07 Å². The summed E-state index contributed by atoms with van der Waals surface area (Å²) in [6, 6.07) is 2.29. The number of rotatable bonds is 4. The molecule has 0 heterocycles. The highest BCUT2D eigenvalue weighted by atomic mass is 14.7. The topological polar surface area (TPSA) is 49.8 Å². The second-order valence-electron chi connectivity index (χ2n) is 4.60. The second kappa shape index (κ2) is 5.21. The average Bonchev–Trinajstić information content (AvgIpc) is 2.74. The molecule has 1 saturated carbocycles. The monoisotopic (exact) mass is 206 g/mol. The molecule has 84 valence electrons. The zero-order valence-electron chi connectivity index (χ0n) is 9.97. The molecule has 0 unspecified atom stereocenters. The van der Waals surface area contributed by atoms with Gasteiger partial charge < -0.3 is 5.73 Å². The van der Waals surface area contributed by atoms with Gasteiger partial charge in [-0.3, -0.25) is 0 Å². The standard InChI is InChI=1S/C13H22N2/c1-3-7-11(10-14)12(15)13(4-2)8-5-6-9-13/h3-9,15H2,1-2H3. The van der Waals surface area contributed by atoms with Crippen LogP contribution >= 0.6 is 0 Å². The molecule has 1 fully saturated rings. The Labute approximate surface area is 93.2 Å². The van der Waals surface area contributed by atoms with E-state index in [1.807, 2.05) is 0 Å². The molecule has 0 saturated heterocycles. The summed E-state index contributed by atoms with van der Waals surface area (Å²) in [5.74, 6) is 0. The van der Waals surface area contributed by atoms with Crippen LogP contribution in [-0.4, -0.2) is 0 Å².